The second-order valence-corrected chi connectivity index (χ2v) is 4.02. The van der Waals surface area contributed by atoms with Gasteiger partial charge in [-0.25, -0.2) is 0 Å². The molecule has 1 atom stereocenters. The smallest absolute Gasteiger partial charge is 0.241 e. The summed E-state index contributed by atoms with van der Waals surface area (Å²) >= 11 is 0. The monoisotopic (exact) mass is 241 g/mol. The quantitative estimate of drug-likeness (QED) is 0.805. The summed E-state index contributed by atoms with van der Waals surface area (Å²) in [4.78, 5) is 15.9. The van der Waals surface area contributed by atoms with Crippen LogP contribution in [0.2, 0.25) is 0 Å². The Labute approximate surface area is 106 Å². The number of benzene rings is 1. The van der Waals surface area contributed by atoms with Crippen molar-refractivity contribution in [3.63, 3.8) is 0 Å². The molecule has 0 fully saturated rings. The van der Waals surface area contributed by atoms with Crippen LogP contribution in [0.3, 0.4) is 0 Å². The summed E-state index contributed by atoms with van der Waals surface area (Å²) in [6, 6.07) is 6.96. The zero-order valence-electron chi connectivity index (χ0n) is 9.97. The van der Waals surface area contributed by atoms with Gasteiger partial charge in [0, 0.05) is 28.9 Å². The fourth-order valence-corrected chi connectivity index (χ4v) is 1.74. The van der Waals surface area contributed by atoms with Crippen LogP contribution in [0.5, 0.6) is 0 Å². The molecule has 0 saturated carbocycles. The molecule has 3 N–H and O–H groups in total. The summed E-state index contributed by atoms with van der Waals surface area (Å²) in [5.74, 6) is -0.209. The van der Waals surface area contributed by atoms with Crippen molar-refractivity contribution in [1.82, 2.24) is 4.98 Å². The number of hydrogen-bond acceptors (Lipinski definition) is 3. The minimum absolute atomic E-state index is 0.209. The number of pyridine rings is 1. The lowest BCUT2D eigenvalue weighted by atomic mass is 10.1. The van der Waals surface area contributed by atoms with Gasteiger partial charge in [-0.1, -0.05) is 18.2 Å². The van der Waals surface area contributed by atoms with Crippen LogP contribution in [0.1, 0.15) is 6.42 Å². The first kappa shape index (κ1) is 12.3. The Balaban J connectivity index is 2.26. The molecule has 92 valence electrons. The second-order valence-electron chi connectivity index (χ2n) is 4.02. The number of nitrogens with two attached hydrogens (primary N) is 1. The van der Waals surface area contributed by atoms with Crippen molar-refractivity contribution < 1.29 is 4.79 Å². The Hall–Kier alpha value is -2.20. The van der Waals surface area contributed by atoms with Crippen molar-refractivity contribution in [3.8, 4) is 0 Å². The van der Waals surface area contributed by atoms with Gasteiger partial charge in [-0.2, -0.15) is 0 Å². The average molecular weight is 241 g/mol. The first-order chi connectivity index (χ1) is 8.72. The van der Waals surface area contributed by atoms with E-state index in [1.807, 2.05) is 24.3 Å². The highest BCUT2D eigenvalue weighted by Crippen LogP contribution is 2.22. The number of hydrogen-bond donors (Lipinski definition) is 2. The molecule has 4 nitrogen and oxygen atoms in total. The van der Waals surface area contributed by atoms with E-state index in [1.165, 1.54) is 0 Å². The van der Waals surface area contributed by atoms with Gasteiger partial charge in [0.15, 0.2) is 0 Å². The standard InChI is InChI=1S/C14H15N3O/c1-2-4-12(15)14(18)17-13-6-3-5-10-9-16-8-7-11(10)13/h2-3,5-9,12H,1,4,15H2,(H,17,18). The lowest BCUT2D eigenvalue weighted by Gasteiger charge is -2.12. The third-order valence-corrected chi connectivity index (χ3v) is 2.70. The highest BCUT2D eigenvalue weighted by atomic mass is 16.2. The lowest BCUT2D eigenvalue weighted by molar-refractivity contribution is -0.117. The Bertz CT molecular complexity index is 575. The molecule has 4 heteroatoms. The van der Waals surface area contributed by atoms with E-state index in [0.29, 0.717) is 6.42 Å². The van der Waals surface area contributed by atoms with Crippen LogP contribution in [0.25, 0.3) is 10.8 Å². The number of nitrogens with zero attached hydrogens (tertiary/aromatic N) is 1. The summed E-state index contributed by atoms with van der Waals surface area (Å²) < 4.78 is 0. The van der Waals surface area contributed by atoms with Crippen LogP contribution in [0, 0.1) is 0 Å². The fraction of sp³-hybridized carbons (Fsp3) is 0.143. The first-order valence-electron chi connectivity index (χ1n) is 5.72. The van der Waals surface area contributed by atoms with Gasteiger partial charge in [0.1, 0.15) is 0 Å². The SMILES string of the molecule is C=CCC(N)C(=O)Nc1cccc2cnccc12. The maximum atomic E-state index is 11.8. The molecule has 1 heterocycles. The molecule has 1 amide bonds. The molecule has 1 aromatic carbocycles. The van der Waals surface area contributed by atoms with Gasteiger partial charge < -0.3 is 11.1 Å². The largest absolute Gasteiger partial charge is 0.324 e. The maximum absolute atomic E-state index is 11.8. The van der Waals surface area contributed by atoms with Crippen molar-refractivity contribution in [2.45, 2.75) is 12.5 Å². The highest BCUT2D eigenvalue weighted by molar-refractivity contribution is 6.03. The number of carbonyl (C=O) groups excluding carboxylic acids is 1. The van der Waals surface area contributed by atoms with E-state index in [2.05, 4.69) is 16.9 Å². The van der Waals surface area contributed by atoms with E-state index >= 15 is 0 Å². The summed E-state index contributed by atoms with van der Waals surface area (Å²) in [5.41, 5.74) is 6.47. The third kappa shape index (κ3) is 2.55. The van der Waals surface area contributed by atoms with Gasteiger partial charge in [-0.3, -0.25) is 9.78 Å². The number of carbonyl (C=O) groups is 1. The van der Waals surface area contributed by atoms with Crippen molar-refractivity contribution in [3.05, 3.63) is 49.3 Å². The number of anilines is 1. The van der Waals surface area contributed by atoms with Gasteiger partial charge in [0.05, 0.1) is 6.04 Å². The topological polar surface area (TPSA) is 68.0 Å². The van der Waals surface area contributed by atoms with E-state index in [0.717, 1.165) is 16.5 Å². The fourth-order valence-electron chi connectivity index (χ4n) is 1.74. The molecule has 1 unspecified atom stereocenters. The Morgan fingerprint density at radius 1 is 1.50 bits per heavy atom. The minimum Gasteiger partial charge on any atom is -0.324 e. The third-order valence-electron chi connectivity index (χ3n) is 2.70. The summed E-state index contributed by atoms with van der Waals surface area (Å²) in [5, 5.41) is 4.76. The molecular weight excluding hydrogens is 226 g/mol. The molecule has 2 rings (SSSR count). The van der Waals surface area contributed by atoms with Gasteiger partial charge in [-0.05, 0) is 18.6 Å². The summed E-state index contributed by atoms with van der Waals surface area (Å²) in [6.07, 6.45) is 5.55. The molecule has 1 aromatic heterocycles. The van der Waals surface area contributed by atoms with Gasteiger partial charge in [0.2, 0.25) is 5.91 Å². The van der Waals surface area contributed by atoms with Crippen LogP contribution in [-0.4, -0.2) is 16.9 Å². The molecule has 0 aliphatic rings. The number of rotatable bonds is 4. The normalized spacial score (nSPS) is 12.1. The second kappa shape index (κ2) is 5.42. The average Bonchev–Trinajstić information content (AvgIpc) is 2.39. The Morgan fingerprint density at radius 3 is 3.11 bits per heavy atom. The molecule has 0 spiro atoms. The predicted octanol–water partition coefficient (Wildman–Crippen LogP) is 2.08. The number of nitrogens with one attached hydrogen (secondary N) is 1. The number of amides is 1. The number of fused-ring (bicyclic) bond motifs is 1. The van der Waals surface area contributed by atoms with Crippen LogP contribution in [0.4, 0.5) is 5.69 Å². The zero-order valence-corrected chi connectivity index (χ0v) is 9.97. The lowest BCUT2D eigenvalue weighted by Crippen LogP contribution is -2.35. The van der Waals surface area contributed by atoms with E-state index in [4.69, 9.17) is 5.73 Å². The van der Waals surface area contributed by atoms with Gasteiger partial charge in [-0.15, -0.1) is 6.58 Å². The van der Waals surface area contributed by atoms with E-state index in [1.54, 1.807) is 18.5 Å². The van der Waals surface area contributed by atoms with Crippen molar-refractivity contribution in [2.24, 2.45) is 5.73 Å². The summed E-state index contributed by atoms with van der Waals surface area (Å²) in [7, 11) is 0. The Kier molecular flexibility index (Phi) is 3.69. The van der Waals surface area contributed by atoms with Crippen LogP contribution >= 0.6 is 0 Å². The van der Waals surface area contributed by atoms with E-state index in [-0.39, 0.29) is 5.91 Å². The van der Waals surface area contributed by atoms with Crippen LogP contribution in [-0.2, 0) is 4.79 Å². The van der Waals surface area contributed by atoms with E-state index in [9.17, 15) is 4.79 Å². The van der Waals surface area contributed by atoms with Gasteiger partial charge >= 0.3 is 0 Å². The molecule has 0 saturated heterocycles. The summed E-state index contributed by atoms with van der Waals surface area (Å²) in [6.45, 7) is 3.57. The van der Waals surface area contributed by atoms with E-state index < -0.39 is 6.04 Å². The molecule has 0 aliphatic heterocycles. The van der Waals surface area contributed by atoms with Crippen LogP contribution < -0.4 is 11.1 Å². The van der Waals surface area contributed by atoms with Crippen molar-refractivity contribution in [1.29, 1.82) is 0 Å². The Morgan fingerprint density at radius 2 is 2.33 bits per heavy atom. The molecule has 2 aromatic rings. The van der Waals surface area contributed by atoms with Crippen molar-refractivity contribution in [2.75, 3.05) is 5.32 Å². The number of aromatic nitrogens is 1. The zero-order chi connectivity index (χ0) is 13.0. The minimum atomic E-state index is -0.570. The molecule has 18 heavy (non-hydrogen) atoms. The predicted molar refractivity (Wildman–Crippen MR) is 73.2 cm³/mol. The van der Waals surface area contributed by atoms with Crippen LogP contribution in [0.15, 0.2) is 49.3 Å². The maximum Gasteiger partial charge on any atom is 0.241 e. The molecule has 0 aliphatic carbocycles. The highest BCUT2D eigenvalue weighted by Gasteiger charge is 2.12. The molecule has 0 bridgehead atoms. The van der Waals surface area contributed by atoms with Crippen molar-refractivity contribution >= 4 is 22.4 Å². The van der Waals surface area contributed by atoms with Gasteiger partial charge in [0.25, 0.3) is 0 Å². The molecule has 0 radical (unpaired) electrons. The first-order valence-corrected chi connectivity index (χ1v) is 5.72. The molecular formula is C14H15N3O.